The van der Waals surface area contributed by atoms with Gasteiger partial charge in [0.2, 0.25) is 0 Å². The highest BCUT2D eigenvalue weighted by atomic mass is 32.1. The average Bonchev–Trinajstić information content (AvgIpc) is 3.12. The molecule has 5 nitrogen and oxygen atoms in total. The van der Waals surface area contributed by atoms with Crippen LogP contribution >= 0.6 is 11.3 Å². The summed E-state index contributed by atoms with van der Waals surface area (Å²) in [6, 6.07) is 12.0. The number of carbonyl (C=O) groups excluding carboxylic acids is 1. The van der Waals surface area contributed by atoms with Crippen molar-refractivity contribution in [1.82, 2.24) is 9.88 Å². The lowest BCUT2D eigenvalue weighted by Gasteiger charge is -2.34. The first kappa shape index (κ1) is 17.8. The minimum Gasteiger partial charge on any atom is -0.497 e. The van der Waals surface area contributed by atoms with E-state index in [1.54, 1.807) is 18.4 Å². The lowest BCUT2D eigenvalue weighted by Crippen LogP contribution is -2.48. The van der Waals surface area contributed by atoms with Gasteiger partial charge >= 0.3 is 0 Å². The van der Waals surface area contributed by atoms with Crippen LogP contribution in [0.3, 0.4) is 0 Å². The third kappa shape index (κ3) is 3.49. The molecule has 2 aromatic carbocycles. The molecular weight excluding hydrogens is 358 g/mol. The molecule has 0 saturated carbocycles. The molecule has 1 fully saturated rings. The van der Waals surface area contributed by atoms with Crippen molar-refractivity contribution in [2.45, 2.75) is 13.8 Å². The minimum atomic E-state index is 0.130. The SMILES string of the molecule is COc1ccc2nc(N3CCN(C(=O)c4cc(C)ccc4C)CC3)sc2c1. The molecule has 1 saturated heterocycles. The first-order valence-electron chi connectivity index (χ1n) is 9.11. The van der Waals surface area contributed by atoms with E-state index in [-0.39, 0.29) is 5.91 Å². The lowest BCUT2D eigenvalue weighted by atomic mass is 10.0. The van der Waals surface area contributed by atoms with Gasteiger partial charge in [-0.15, -0.1) is 0 Å². The van der Waals surface area contributed by atoms with E-state index in [0.717, 1.165) is 50.9 Å². The van der Waals surface area contributed by atoms with E-state index in [4.69, 9.17) is 9.72 Å². The Bertz CT molecular complexity index is 990. The Kier molecular flexibility index (Phi) is 4.74. The smallest absolute Gasteiger partial charge is 0.254 e. The van der Waals surface area contributed by atoms with Crippen molar-refractivity contribution in [3.63, 3.8) is 0 Å². The maximum absolute atomic E-state index is 12.9. The molecule has 1 aromatic heterocycles. The summed E-state index contributed by atoms with van der Waals surface area (Å²) >= 11 is 1.68. The standard InChI is InChI=1S/C21H23N3O2S/c1-14-4-5-15(2)17(12-14)20(25)23-8-10-24(11-9-23)21-22-18-7-6-16(26-3)13-19(18)27-21/h4-7,12-13H,8-11H2,1-3H3. The maximum Gasteiger partial charge on any atom is 0.254 e. The number of benzene rings is 2. The third-order valence-corrected chi connectivity index (χ3v) is 6.12. The van der Waals surface area contributed by atoms with Gasteiger partial charge in [0, 0.05) is 31.7 Å². The van der Waals surface area contributed by atoms with Gasteiger partial charge in [-0.2, -0.15) is 0 Å². The molecule has 0 bridgehead atoms. The summed E-state index contributed by atoms with van der Waals surface area (Å²) in [5.74, 6) is 0.978. The molecular formula is C21H23N3O2S. The van der Waals surface area contributed by atoms with Crippen molar-refractivity contribution in [3.05, 3.63) is 53.1 Å². The average molecular weight is 382 g/mol. The Morgan fingerprint density at radius 2 is 1.85 bits per heavy atom. The van der Waals surface area contributed by atoms with Crippen LogP contribution in [-0.2, 0) is 0 Å². The molecule has 1 aliphatic rings. The quantitative estimate of drug-likeness (QED) is 0.691. The number of ether oxygens (including phenoxy) is 1. The zero-order chi connectivity index (χ0) is 19.0. The fourth-order valence-corrected chi connectivity index (χ4v) is 4.44. The largest absolute Gasteiger partial charge is 0.497 e. The fraction of sp³-hybridized carbons (Fsp3) is 0.333. The van der Waals surface area contributed by atoms with Crippen LogP contribution in [-0.4, -0.2) is 49.1 Å². The van der Waals surface area contributed by atoms with Crippen molar-refractivity contribution in [3.8, 4) is 5.75 Å². The van der Waals surface area contributed by atoms with Gasteiger partial charge in [-0.3, -0.25) is 4.79 Å². The van der Waals surface area contributed by atoms with E-state index in [1.807, 2.05) is 55.1 Å². The number of carbonyl (C=O) groups is 1. The molecule has 3 aromatic rings. The van der Waals surface area contributed by atoms with E-state index in [9.17, 15) is 4.79 Å². The second kappa shape index (κ2) is 7.19. The lowest BCUT2D eigenvalue weighted by molar-refractivity contribution is 0.0746. The molecule has 0 unspecified atom stereocenters. The Hall–Kier alpha value is -2.60. The number of methoxy groups -OCH3 is 1. The highest BCUT2D eigenvalue weighted by Crippen LogP contribution is 2.32. The minimum absolute atomic E-state index is 0.130. The number of anilines is 1. The number of piperazine rings is 1. The number of hydrogen-bond donors (Lipinski definition) is 0. The molecule has 140 valence electrons. The molecule has 27 heavy (non-hydrogen) atoms. The van der Waals surface area contributed by atoms with Gasteiger partial charge in [0.1, 0.15) is 5.75 Å². The van der Waals surface area contributed by atoms with Gasteiger partial charge in [-0.25, -0.2) is 4.98 Å². The van der Waals surface area contributed by atoms with Crippen LogP contribution < -0.4 is 9.64 Å². The number of hydrogen-bond acceptors (Lipinski definition) is 5. The highest BCUT2D eigenvalue weighted by molar-refractivity contribution is 7.22. The number of thiazole rings is 1. The summed E-state index contributed by atoms with van der Waals surface area (Å²) < 4.78 is 6.42. The van der Waals surface area contributed by atoms with E-state index in [1.165, 1.54) is 0 Å². The van der Waals surface area contributed by atoms with Gasteiger partial charge in [0.15, 0.2) is 5.13 Å². The number of nitrogens with zero attached hydrogens (tertiary/aromatic N) is 3. The van der Waals surface area contributed by atoms with Crippen LogP contribution in [0, 0.1) is 13.8 Å². The molecule has 6 heteroatoms. The van der Waals surface area contributed by atoms with Crippen LogP contribution in [0.5, 0.6) is 5.75 Å². The molecule has 0 atom stereocenters. The molecule has 1 amide bonds. The van der Waals surface area contributed by atoms with Crippen LogP contribution in [0.2, 0.25) is 0 Å². The number of aromatic nitrogens is 1. The summed E-state index contributed by atoms with van der Waals surface area (Å²) in [7, 11) is 1.68. The highest BCUT2D eigenvalue weighted by Gasteiger charge is 2.24. The zero-order valence-corrected chi connectivity index (χ0v) is 16.7. The monoisotopic (exact) mass is 381 g/mol. The summed E-state index contributed by atoms with van der Waals surface area (Å²) in [5, 5.41) is 1.01. The third-order valence-electron chi connectivity index (χ3n) is 5.05. The van der Waals surface area contributed by atoms with Gasteiger partial charge < -0.3 is 14.5 Å². The van der Waals surface area contributed by atoms with Gasteiger partial charge in [0.05, 0.1) is 17.3 Å². The van der Waals surface area contributed by atoms with E-state index in [2.05, 4.69) is 4.90 Å². The summed E-state index contributed by atoms with van der Waals surface area (Å²) in [6.07, 6.45) is 0. The molecule has 1 aliphatic heterocycles. The Morgan fingerprint density at radius 3 is 2.59 bits per heavy atom. The normalized spacial score (nSPS) is 14.6. The number of fused-ring (bicyclic) bond motifs is 1. The van der Waals surface area contributed by atoms with Crippen molar-refractivity contribution in [2.24, 2.45) is 0 Å². The van der Waals surface area contributed by atoms with E-state index >= 15 is 0 Å². The summed E-state index contributed by atoms with van der Waals surface area (Å²) in [4.78, 5) is 21.9. The second-order valence-corrected chi connectivity index (χ2v) is 7.94. The van der Waals surface area contributed by atoms with Crippen LogP contribution in [0.25, 0.3) is 10.2 Å². The summed E-state index contributed by atoms with van der Waals surface area (Å²) in [5.41, 5.74) is 3.96. The topological polar surface area (TPSA) is 45.7 Å². The first-order valence-corrected chi connectivity index (χ1v) is 9.93. The Balaban J connectivity index is 1.47. The maximum atomic E-state index is 12.9. The van der Waals surface area contributed by atoms with E-state index < -0.39 is 0 Å². The second-order valence-electron chi connectivity index (χ2n) is 6.93. The number of amides is 1. The van der Waals surface area contributed by atoms with E-state index in [0.29, 0.717) is 13.1 Å². The molecule has 0 spiro atoms. The van der Waals surface area contributed by atoms with Gasteiger partial charge in [0.25, 0.3) is 5.91 Å². The number of aryl methyl sites for hydroxylation is 2. The van der Waals surface area contributed by atoms with Crippen LogP contribution in [0.15, 0.2) is 36.4 Å². The number of rotatable bonds is 3. The molecule has 0 aliphatic carbocycles. The molecule has 2 heterocycles. The Labute approximate surface area is 163 Å². The van der Waals surface area contributed by atoms with Crippen LogP contribution in [0.4, 0.5) is 5.13 Å². The predicted molar refractivity (Wildman–Crippen MR) is 110 cm³/mol. The zero-order valence-electron chi connectivity index (χ0n) is 15.9. The Morgan fingerprint density at radius 1 is 1.07 bits per heavy atom. The predicted octanol–water partition coefficient (Wildman–Crippen LogP) is 3.88. The summed E-state index contributed by atoms with van der Waals surface area (Å²) in [6.45, 7) is 7.05. The van der Waals surface area contributed by atoms with Crippen LogP contribution in [0.1, 0.15) is 21.5 Å². The molecule has 0 radical (unpaired) electrons. The van der Waals surface area contributed by atoms with Crippen molar-refractivity contribution in [2.75, 3.05) is 38.2 Å². The van der Waals surface area contributed by atoms with Gasteiger partial charge in [-0.05, 0) is 43.7 Å². The fourth-order valence-electron chi connectivity index (χ4n) is 3.39. The molecule has 4 rings (SSSR count). The van der Waals surface area contributed by atoms with Crippen molar-refractivity contribution >= 4 is 32.6 Å². The first-order chi connectivity index (χ1) is 13.0. The van der Waals surface area contributed by atoms with Crippen molar-refractivity contribution < 1.29 is 9.53 Å². The van der Waals surface area contributed by atoms with Gasteiger partial charge in [-0.1, -0.05) is 29.0 Å². The van der Waals surface area contributed by atoms with Crippen molar-refractivity contribution in [1.29, 1.82) is 0 Å². The molecule has 0 N–H and O–H groups in total.